The summed E-state index contributed by atoms with van der Waals surface area (Å²) in [6.07, 6.45) is 3.37. The fourth-order valence-electron chi connectivity index (χ4n) is 3.17. The standard InChI is InChI=1S/C23H17NO5/c25-20(26)14-29-17-9-4-6-15(12-17)13-18-22(19-10-5-11-28-19)21(23(27)24-18)16-7-2-1-3-8-16/h1-13H,14H2,(H,24,27)(H,25,26)/b18-13-. The Hall–Kier alpha value is -4.06. The Morgan fingerprint density at radius 1 is 1.03 bits per heavy atom. The molecule has 0 unspecified atom stereocenters. The van der Waals surface area contributed by atoms with Crippen LogP contribution in [0.15, 0.2) is 83.1 Å². The minimum absolute atomic E-state index is 0.216. The fraction of sp³-hybridized carbons (Fsp3) is 0.0435. The molecule has 2 aromatic carbocycles. The highest BCUT2D eigenvalue weighted by molar-refractivity contribution is 6.34. The predicted molar refractivity (Wildman–Crippen MR) is 108 cm³/mol. The third-order valence-corrected chi connectivity index (χ3v) is 4.36. The molecule has 29 heavy (non-hydrogen) atoms. The second-order valence-electron chi connectivity index (χ2n) is 6.36. The summed E-state index contributed by atoms with van der Waals surface area (Å²) in [5.74, 6) is -0.260. The van der Waals surface area contributed by atoms with Crippen molar-refractivity contribution < 1.29 is 23.8 Å². The molecule has 0 aliphatic carbocycles. The van der Waals surface area contributed by atoms with E-state index in [1.54, 1.807) is 42.7 Å². The number of nitrogens with one attached hydrogen (secondary N) is 1. The quantitative estimate of drug-likeness (QED) is 0.671. The Morgan fingerprint density at radius 3 is 2.59 bits per heavy atom. The van der Waals surface area contributed by atoms with E-state index in [9.17, 15) is 9.59 Å². The van der Waals surface area contributed by atoms with Crippen LogP contribution in [-0.2, 0) is 9.59 Å². The SMILES string of the molecule is O=C(O)COc1cccc(/C=C2\NC(=O)C(c3ccccc3)=C2c2ccco2)c1. The van der Waals surface area contributed by atoms with Crippen molar-refractivity contribution in [1.29, 1.82) is 0 Å². The molecular weight excluding hydrogens is 370 g/mol. The molecule has 2 N–H and O–H groups in total. The van der Waals surface area contributed by atoms with Gasteiger partial charge in [-0.1, -0.05) is 42.5 Å². The summed E-state index contributed by atoms with van der Waals surface area (Å²) in [5, 5.41) is 11.7. The molecule has 0 saturated heterocycles. The summed E-state index contributed by atoms with van der Waals surface area (Å²) in [7, 11) is 0. The number of aliphatic carboxylic acids is 1. The molecule has 0 saturated carbocycles. The molecule has 2 heterocycles. The van der Waals surface area contributed by atoms with Crippen molar-refractivity contribution in [3.63, 3.8) is 0 Å². The van der Waals surface area contributed by atoms with E-state index in [4.69, 9.17) is 14.3 Å². The summed E-state index contributed by atoms with van der Waals surface area (Å²) in [6.45, 7) is -0.424. The van der Waals surface area contributed by atoms with Crippen LogP contribution >= 0.6 is 0 Å². The molecule has 144 valence electrons. The largest absolute Gasteiger partial charge is 0.482 e. The molecular formula is C23H17NO5. The van der Waals surface area contributed by atoms with Gasteiger partial charge in [0, 0.05) is 0 Å². The van der Waals surface area contributed by atoms with E-state index in [1.807, 2.05) is 36.4 Å². The summed E-state index contributed by atoms with van der Waals surface area (Å²) >= 11 is 0. The monoisotopic (exact) mass is 387 g/mol. The van der Waals surface area contributed by atoms with Crippen LogP contribution in [-0.4, -0.2) is 23.6 Å². The second-order valence-corrected chi connectivity index (χ2v) is 6.36. The number of carbonyl (C=O) groups is 2. The van der Waals surface area contributed by atoms with Gasteiger partial charge in [0.15, 0.2) is 6.61 Å². The topological polar surface area (TPSA) is 88.8 Å². The molecule has 1 amide bonds. The number of carboxylic acids is 1. The van der Waals surface area contributed by atoms with Gasteiger partial charge in [0.1, 0.15) is 11.5 Å². The molecule has 0 atom stereocenters. The third kappa shape index (κ3) is 3.96. The maximum Gasteiger partial charge on any atom is 0.341 e. The average molecular weight is 387 g/mol. The van der Waals surface area contributed by atoms with Gasteiger partial charge in [0.05, 0.1) is 23.1 Å². The number of furan rings is 1. The van der Waals surface area contributed by atoms with E-state index in [1.165, 1.54) is 0 Å². The molecule has 1 aliphatic heterocycles. The molecule has 6 heteroatoms. The van der Waals surface area contributed by atoms with Crippen molar-refractivity contribution in [1.82, 2.24) is 5.32 Å². The Bertz CT molecular complexity index is 1110. The first-order valence-corrected chi connectivity index (χ1v) is 8.93. The lowest BCUT2D eigenvalue weighted by Crippen LogP contribution is -2.15. The van der Waals surface area contributed by atoms with E-state index < -0.39 is 12.6 Å². The lowest BCUT2D eigenvalue weighted by Gasteiger charge is -2.07. The van der Waals surface area contributed by atoms with Crippen LogP contribution in [0, 0.1) is 0 Å². The van der Waals surface area contributed by atoms with Crippen molar-refractivity contribution in [2.24, 2.45) is 0 Å². The lowest BCUT2D eigenvalue weighted by atomic mass is 9.98. The van der Waals surface area contributed by atoms with E-state index in [-0.39, 0.29) is 5.91 Å². The van der Waals surface area contributed by atoms with Crippen LogP contribution in [0.2, 0.25) is 0 Å². The highest BCUT2D eigenvalue weighted by Gasteiger charge is 2.30. The van der Waals surface area contributed by atoms with Gasteiger partial charge in [-0.3, -0.25) is 4.79 Å². The number of hydrogen-bond acceptors (Lipinski definition) is 4. The molecule has 0 fully saturated rings. The number of ether oxygens (including phenoxy) is 1. The zero-order chi connectivity index (χ0) is 20.2. The van der Waals surface area contributed by atoms with Crippen molar-refractivity contribution in [3.8, 4) is 5.75 Å². The highest BCUT2D eigenvalue weighted by atomic mass is 16.5. The maximum absolute atomic E-state index is 12.8. The predicted octanol–water partition coefficient (Wildman–Crippen LogP) is 3.82. The first kappa shape index (κ1) is 18.3. The van der Waals surface area contributed by atoms with E-state index in [2.05, 4.69) is 5.32 Å². The van der Waals surface area contributed by atoms with Gasteiger partial charge >= 0.3 is 5.97 Å². The van der Waals surface area contributed by atoms with Gasteiger partial charge in [0.25, 0.3) is 5.91 Å². The number of hydrogen-bond donors (Lipinski definition) is 2. The van der Waals surface area contributed by atoms with Gasteiger partial charge in [-0.2, -0.15) is 0 Å². The molecule has 0 spiro atoms. The van der Waals surface area contributed by atoms with Crippen LogP contribution < -0.4 is 10.1 Å². The Balaban J connectivity index is 1.77. The minimum atomic E-state index is -1.05. The lowest BCUT2D eigenvalue weighted by molar-refractivity contribution is -0.139. The fourth-order valence-corrected chi connectivity index (χ4v) is 3.17. The number of carbonyl (C=O) groups excluding carboxylic acids is 1. The number of carboxylic acid groups (broad SMARTS) is 1. The molecule has 0 bridgehead atoms. The van der Waals surface area contributed by atoms with Crippen LogP contribution in [0.3, 0.4) is 0 Å². The number of amides is 1. The third-order valence-electron chi connectivity index (χ3n) is 4.36. The summed E-state index contributed by atoms with van der Waals surface area (Å²) in [4.78, 5) is 23.5. The molecule has 4 rings (SSSR count). The maximum atomic E-state index is 12.8. The number of benzene rings is 2. The normalized spacial score (nSPS) is 14.9. The number of allylic oxidation sites excluding steroid dienone is 1. The molecule has 1 aliphatic rings. The smallest absolute Gasteiger partial charge is 0.341 e. The van der Waals surface area contributed by atoms with E-state index in [0.29, 0.717) is 28.4 Å². The Kier molecular flexibility index (Phi) is 4.99. The molecule has 1 aromatic heterocycles. The summed E-state index contributed by atoms with van der Waals surface area (Å²) in [6, 6.07) is 20.0. The Labute approximate surface area is 166 Å². The van der Waals surface area contributed by atoms with Crippen molar-refractivity contribution in [2.45, 2.75) is 0 Å². The second kappa shape index (κ2) is 7.90. The van der Waals surface area contributed by atoms with Crippen molar-refractivity contribution in [3.05, 3.63) is 95.6 Å². The Morgan fingerprint density at radius 2 is 1.86 bits per heavy atom. The number of rotatable bonds is 6. The zero-order valence-electron chi connectivity index (χ0n) is 15.3. The van der Waals surface area contributed by atoms with Crippen LogP contribution in [0.5, 0.6) is 5.75 Å². The first-order valence-electron chi connectivity index (χ1n) is 8.93. The van der Waals surface area contributed by atoms with Gasteiger partial charge in [0.2, 0.25) is 0 Å². The van der Waals surface area contributed by atoms with E-state index >= 15 is 0 Å². The highest BCUT2D eigenvalue weighted by Crippen LogP contribution is 2.37. The van der Waals surface area contributed by atoms with Crippen LogP contribution in [0.25, 0.3) is 17.2 Å². The summed E-state index contributed by atoms with van der Waals surface area (Å²) < 4.78 is 10.8. The van der Waals surface area contributed by atoms with Gasteiger partial charge in [-0.05, 0) is 41.5 Å². The molecule has 3 aromatic rings. The zero-order valence-corrected chi connectivity index (χ0v) is 15.3. The first-order chi connectivity index (χ1) is 14.1. The molecule has 6 nitrogen and oxygen atoms in total. The van der Waals surface area contributed by atoms with Crippen molar-refractivity contribution in [2.75, 3.05) is 6.61 Å². The van der Waals surface area contributed by atoms with Gasteiger partial charge in [-0.15, -0.1) is 0 Å². The van der Waals surface area contributed by atoms with Crippen molar-refractivity contribution >= 4 is 29.1 Å². The minimum Gasteiger partial charge on any atom is -0.482 e. The average Bonchev–Trinajstić information content (AvgIpc) is 3.35. The summed E-state index contributed by atoms with van der Waals surface area (Å²) in [5.41, 5.74) is 3.34. The van der Waals surface area contributed by atoms with Crippen LogP contribution in [0.1, 0.15) is 16.9 Å². The molecule has 0 radical (unpaired) electrons. The van der Waals surface area contributed by atoms with E-state index in [0.717, 1.165) is 11.1 Å². The van der Waals surface area contributed by atoms with Crippen LogP contribution in [0.4, 0.5) is 0 Å². The van der Waals surface area contributed by atoms with Gasteiger partial charge < -0.3 is 19.6 Å². The van der Waals surface area contributed by atoms with Gasteiger partial charge in [-0.25, -0.2) is 4.79 Å².